The number of ether oxygens (including phenoxy) is 1. The number of nitrogens with zero attached hydrogens (tertiary/aromatic N) is 1. The number of carbonyl (C=O) groups is 2. The Balaban J connectivity index is 2.16. The Kier molecular flexibility index (Phi) is 5.38. The van der Waals surface area contributed by atoms with Gasteiger partial charge in [0.15, 0.2) is 6.61 Å². The Labute approximate surface area is 130 Å². The standard InChI is InChI=1S/C16H23N3O3/c1-11-5-4-6-13(12(11)2)14-9-18-7-8-19(14)16(21)22-10-15(20)17-3/h4-6,14,18H,7-10H2,1-3H3,(H,17,20). The van der Waals surface area contributed by atoms with Crippen molar-refractivity contribution in [3.63, 3.8) is 0 Å². The average molecular weight is 305 g/mol. The van der Waals surface area contributed by atoms with Gasteiger partial charge < -0.3 is 15.4 Å². The first-order valence-electron chi connectivity index (χ1n) is 7.45. The van der Waals surface area contributed by atoms with Crippen molar-refractivity contribution in [1.29, 1.82) is 0 Å². The normalized spacial score (nSPS) is 18.0. The van der Waals surface area contributed by atoms with Crippen LogP contribution < -0.4 is 10.6 Å². The Morgan fingerprint density at radius 3 is 2.91 bits per heavy atom. The number of carbonyl (C=O) groups excluding carboxylic acids is 2. The van der Waals surface area contributed by atoms with Gasteiger partial charge in [0.1, 0.15) is 0 Å². The largest absolute Gasteiger partial charge is 0.439 e. The zero-order valence-electron chi connectivity index (χ0n) is 13.3. The highest BCUT2D eigenvalue weighted by Crippen LogP contribution is 2.27. The molecule has 0 radical (unpaired) electrons. The number of piperazine rings is 1. The molecule has 0 spiro atoms. The first-order chi connectivity index (χ1) is 10.5. The van der Waals surface area contributed by atoms with E-state index in [4.69, 9.17) is 4.74 Å². The second-order valence-electron chi connectivity index (χ2n) is 5.43. The number of benzene rings is 1. The SMILES string of the molecule is CNC(=O)COC(=O)N1CCNCC1c1cccc(C)c1C. The molecule has 0 aromatic heterocycles. The molecule has 1 aliphatic rings. The van der Waals surface area contributed by atoms with E-state index in [1.54, 1.807) is 4.90 Å². The van der Waals surface area contributed by atoms with Crippen molar-refractivity contribution >= 4 is 12.0 Å². The Morgan fingerprint density at radius 2 is 2.18 bits per heavy atom. The summed E-state index contributed by atoms with van der Waals surface area (Å²) < 4.78 is 5.10. The first-order valence-corrected chi connectivity index (χ1v) is 7.45. The van der Waals surface area contributed by atoms with E-state index < -0.39 is 6.09 Å². The molecule has 0 aliphatic carbocycles. The van der Waals surface area contributed by atoms with Crippen LogP contribution in [0.5, 0.6) is 0 Å². The van der Waals surface area contributed by atoms with Crippen LogP contribution in [0.1, 0.15) is 22.7 Å². The van der Waals surface area contributed by atoms with E-state index in [1.165, 1.54) is 18.2 Å². The minimum absolute atomic E-state index is 0.0779. The third kappa shape index (κ3) is 3.57. The first kappa shape index (κ1) is 16.3. The highest BCUT2D eigenvalue weighted by atomic mass is 16.6. The molecule has 1 aromatic carbocycles. The lowest BCUT2D eigenvalue weighted by Gasteiger charge is -2.36. The van der Waals surface area contributed by atoms with Crippen molar-refractivity contribution in [2.75, 3.05) is 33.3 Å². The van der Waals surface area contributed by atoms with Gasteiger partial charge in [-0.3, -0.25) is 9.69 Å². The number of nitrogens with one attached hydrogen (secondary N) is 2. The summed E-state index contributed by atoms with van der Waals surface area (Å²) in [5.74, 6) is -0.313. The summed E-state index contributed by atoms with van der Waals surface area (Å²) in [7, 11) is 1.51. The second kappa shape index (κ2) is 7.26. The molecule has 0 bridgehead atoms. The topological polar surface area (TPSA) is 70.7 Å². The van der Waals surface area contributed by atoms with E-state index >= 15 is 0 Å². The molecule has 0 saturated carbocycles. The van der Waals surface area contributed by atoms with E-state index in [2.05, 4.69) is 30.5 Å². The number of aryl methyl sites for hydroxylation is 1. The monoisotopic (exact) mass is 305 g/mol. The molecule has 2 rings (SSSR count). The van der Waals surface area contributed by atoms with E-state index in [0.29, 0.717) is 13.1 Å². The zero-order chi connectivity index (χ0) is 16.1. The maximum atomic E-state index is 12.3. The molecular weight excluding hydrogens is 282 g/mol. The van der Waals surface area contributed by atoms with Crippen LogP contribution in [-0.2, 0) is 9.53 Å². The fourth-order valence-electron chi connectivity index (χ4n) is 2.62. The molecule has 1 aliphatic heterocycles. The maximum Gasteiger partial charge on any atom is 0.410 e. The smallest absolute Gasteiger partial charge is 0.410 e. The van der Waals surface area contributed by atoms with E-state index in [1.807, 2.05) is 12.1 Å². The fourth-order valence-corrected chi connectivity index (χ4v) is 2.62. The molecule has 1 fully saturated rings. The molecule has 1 heterocycles. The van der Waals surface area contributed by atoms with E-state index in [0.717, 1.165) is 12.1 Å². The van der Waals surface area contributed by atoms with Crippen molar-refractivity contribution in [2.24, 2.45) is 0 Å². The van der Waals surface area contributed by atoms with Gasteiger partial charge in [-0.25, -0.2) is 4.79 Å². The molecule has 2 amide bonds. The Morgan fingerprint density at radius 1 is 1.41 bits per heavy atom. The lowest BCUT2D eigenvalue weighted by Crippen LogP contribution is -2.49. The Bertz CT molecular complexity index is 560. The molecule has 1 atom stereocenters. The second-order valence-corrected chi connectivity index (χ2v) is 5.43. The van der Waals surface area contributed by atoms with Crippen LogP contribution in [0, 0.1) is 13.8 Å². The lowest BCUT2D eigenvalue weighted by atomic mass is 9.95. The van der Waals surface area contributed by atoms with Gasteiger partial charge in [-0.1, -0.05) is 18.2 Å². The average Bonchev–Trinajstić information content (AvgIpc) is 2.55. The van der Waals surface area contributed by atoms with Crippen LogP contribution in [0.2, 0.25) is 0 Å². The molecule has 22 heavy (non-hydrogen) atoms. The summed E-state index contributed by atoms with van der Waals surface area (Å²) in [4.78, 5) is 25.2. The quantitative estimate of drug-likeness (QED) is 0.878. The molecule has 1 unspecified atom stereocenters. The van der Waals surface area contributed by atoms with Crippen molar-refractivity contribution < 1.29 is 14.3 Å². The summed E-state index contributed by atoms with van der Waals surface area (Å²) in [6, 6.07) is 6.02. The van der Waals surface area contributed by atoms with Crippen LogP contribution in [0.4, 0.5) is 4.79 Å². The van der Waals surface area contributed by atoms with Crippen LogP contribution >= 0.6 is 0 Å². The number of rotatable bonds is 3. The van der Waals surface area contributed by atoms with Gasteiger partial charge in [0.25, 0.3) is 5.91 Å². The highest BCUT2D eigenvalue weighted by molar-refractivity contribution is 5.80. The van der Waals surface area contributed by atoms with Gasteiger partial charge in [0.05, 0.1) is 6.04 Å². The van der Waals surface area contributed by atoms with Gasteiger partial charge in [-0.2, -0.15) is 0 Å². The highest BCUT2D eigenvalue weighted by Gasteiger charge is 2.30. The summed E-state index contributed by atoms with van der Waals surface area (Å²) in [6.07, 6.45) is -0.448. The molecule has 1 aromatic rings. The minimum atomic E-state index is -0.448. The Hall–Kier alpha value is -2.08. The number of likely N-dealkylation sites (N-methyl/N-ethyl adjacent to an activating group) is 1. The summed E-state index contributed by atoms with van der Waals surface area (Å²) >= 11 is 0. The van der Waals surface area contributed by atoms with Crippen molar-refractivity contribution in [1.82, 2.24) is 15.5 Å². The third-order valence-corrected chi connectivity index (χ3v) is 4.09. The molecule has 2 N–H and O–H groups in total. The molecule has 1 saturated heterocycles. The molecular formula is C16H23N3O3. The van der Waals surface area contributed by atoms with Crippen molar-refractivity contribution in [3.8, 4) is 0 Å². The van der Waals surface area contributed by atoms with Crippen LogP contribution in [0.25, 0.3) is 0 Å². The number of amides is 2. The molecule has 6 nitrogen and oxygen atoms in total. The van der Waals surface area contributed by atoms with Gasteiger partial charge >= 0.3 is 6.09 Å². The summed E-state index contributed by atoms with van der Waals surface area (Å²) in [5, 5.41) is 5.75. The van der Waals surface area contributed by atoms with Crippen LogP contribution in [0.3, 0.4) is 0 Å². The summed E-state index contributed by atoms with van der Waals surface area (Å²) in [6.45, 7) is 5.83. The number of hydrogen-bond acceptors (Lipinski definition) is 4. The van der Waals surface area contributed by atoms with Gasteiger partial charge in [-0.05, 0) is 30.5 Å². The zero-order valence-corrected chi connectivity index (χ0v) is 13.3. The van der Waals surface area contributed by atoms with Gasteiger partial charge in [0, 0.05) is 26.7 Å². The lowest BCUT2D eigenvalue weighted by molar-refractivity contribution is -0.123. The predicted octanol–water partition coefficient (Wildman–Crippen LogP) is 1.13. The van der Waals surface area contributed by atoms with E-state index in [-0.39, 0.29) is 18.6 Å². The fraction of sp³-hybridized carbons (Fsp3) is 0.500. The summed E-state index contributed by atoms with van der Waals surface area (Å²) in [5.41, 5.74) is 3.49. The molecule has 6 heteroatoms. The maximum absolute atomic E-state index is 12.3. The minimum Gasteiger partial charge on any atom is -0.439 e. The van der Waals surface area contributed by atoms with Gasteiger partial charge in [-0.15, -0.1) is 0 Å². The van der Waals surface area contributed by atoms with Crippen LogP contribution in [-0.4, -0.2) is 50.2 Å². The molecule has 120 valence electrons. The third-order valence-electron chi connectivity index (χ3n) is 4.09. The van der Waals surface area contributed by atoms with Crippen molar-refractivity contribution in [3.05, 3.63) is 34.9 Å². The van der Waals surface area contributed by atoms with Crippen LogP contribution in [0.15, 0.2) is 18.2 Å². The number of hydrogen-bond donors (Lipinski definition) is 2. The van der Waals surface area contributed by atoms with Gasteiger partial charge in [0.2, 0.25) is 0 Å². The van der Waals surface area contributed by atoms with Crippen molar-refractivity contribution in [2.45, 2.75) is 19.9 Å². The predicted molar refractivity (Wildman–Crippen MR) is 83.6 cm³/mol. The van der Waals surface area contributed by atoms with E-state index in [9.17, 15) is 9.59 Å².